The summed E-state index contributed by atoms with van der Waals surface area (Å²) in [4.78, 5) is 19.5. The average molecular weight is 683 g/mol. The number of aliphatic hydroxyl groups excluding tert-OH is 2. The van der Waals surface area contributed by atoms with Crippen molar-refractivity contribution >= 4 is 22.1 Å². The van der Waals surface area contributed by atoms with Gasteiger partial charge in [0.05, 0.1) is 17.6 Å². The molecule has 0 spiro atoms. The Morgan fingerprint density at radius 3 is 2.52 bits per heavy atom. The first-order chi connectivity index (χ1) is 23.1. The minimum Gasteiger partial charge on any atom is -0.508 e. The van der Waals surface area contributed by atoms with E-state index in [1.807, 2.05) is 11.0 Å². The molecule has 2 atom stereocenters. The fourth-order valence-corrected chi connectivity index (χ4v) is 6.36. The fourth-order valence-electron chi connectivity index (χ4n) is 5.51. The topological polar surface area (TPSA) is 175 Å². The number of benzene rings is 3. The molecule has 48 heavy (non-hydrogen) atoms. The number of fused-ring (bicyclic) bond motifs is 1. The van der Waals surface area contributed by atoms with Gasteiger partial charge < -0.3 is 35.3 Å². The van der Waals surface area contributed by atoms with Gasteiger partial charge in [-0.1, -0.05) is 67.5 Å². The van der Waals surface area contributed by atoms with E-state index in [0.29, 0.717) is 48.4 Å². The van der Waals surface area contributed by atoms with Gasteiger partial charge in [-0.05, 0) is 84.5 Å². The second kappa shape index (κ2) is 18.2. The van der Waals surface area contributed by atoms with Crippen molar-refractivity contribution in [2.45, 2.75) is 74.6 Å². The Morgan fingerprint density at radius 1 is 0.938 bits per heavy atom. The third kappa shape index (κ3) is 10.4. The van der Waals surface area contributed by atoms with Crippen molar-refractivity contribution in [1.82, 2.24) is 10.2 Å². The number of aryl methyl sites for hydroxylation is 1. The minimum atomic E-state index is -4.17. The van der Waals surface area contributed by atoms with Crippen molar-refractivity contribution < 1.29 is 43.2 Å². The zero-order valence-electron chi connectivity index (χ0n) is 27.0. The first kappa shape index (κ1) is 37.2. The number of aromatic hydroxyl groups is 1. The van der Waals surface area contributed by atoms with Crippen LogP contribution in [0.1, 0.15) is 78.9 Å². The Hall–Kier alpha value is -3.62. The maximum Gasteiger partial charge on any atom is 0.362 e. The quantitative estimate of drug-likeness (QED) is 0.0751. The van der Waals surface area contributed by atoms with Crippen LogP contribution < -0.4 is 10.2 Å². The standard InChI is InChI=1S/C36H46N2O9S/c39-26-30-24-29(17-18-33(30)40)34(41)25-37-20-6-1-2-7-21-46-22-8-5-11-27-12-9-15-31(23-27)48(44,45)38-47-35(42)36(43)19-10-14-28-13-3-4-16-32(28)36/h3-4,9-10,12-18,23-24,34,37-41,43H,1-2,5-8,11,19-22,25-26H2/t34-,36?/m0/s1. The lowest BCUT2D eigenvalue weighted by atomic mass is 9.83. The lowest BCUT2D eigenvalue weighted by Crippen LogP contribution is -2.42. The zero-order valence-corrected chi connectivity index (χ0v) is 27.8. The summed E-state index contributed by atoms with van der Waals surface area (Å²) in [6.45, 7) is 2.18. The summed E-state index contributed by atoms with van der Waals surface area (Å²) in [5.74, 6) is -1.09. The zero-order chi connectivity index (χ0) is 34.4. The third-order valence-corrected chi connectivity index (χ3v) is 9.48. The highest BCUT2D eigenvalue weighted by Gasteiger charge is 2.42. The number of rotatable bonds is 20. The van der Waals surface area contributed by atoms with Crippen LogP contribution in [-0.4, -0.2) is 61.1 Å². The summed E-state index contributed by atoms with van der Waals surface area (Å²) in [5, 5.41) is 43.5. The Morgan fingerprint density at radius 2 is 1.71 bits per heavy atom. The van der Waals surface area contributed by atoms with E-state index in [1.165, 1.54) is 12.1 Å². The number of phenols is 1. The van der Waals surface area contributed by atoms with Gasteiger partial charge in [-0.25, -0.2) is 13.2 Å². The van der Waals surface area contributed by atoms with Gasteiger partial charge in [0.25, 0.3) is 10.0 Å². The van der Waals surface area contributed by atoms with Crippen LogP contribution >= 0.6 is 0 Å². The predicted octanol–water partition coefficient (Wildman–Crippen LogP) is 4.15. The molecule has 0 fully saturated rings. The molecule has 11 nitrogen and oxygen atoms in total. The summed E-state index contributed by atoms with van der Waals surface area (Å²) < 4.78 is 31.5. The van der Waals surface area contributed by atoms with Crippen molar-refractivity contribution in [3.63, 3.8) is 0 Å². The van der Waals surface area contributed by atoms with Crippen molar-refractivity contribution in [1.29, 1.82) is 0 Å². The molecule has 0 aliphatic heterocycles. The molecule has 0 bridgehead atoms. The molecule has 3 aromatic rings. The number of aliphatic hydroxyl groups is 3. The van der Waals surface area contributed by atoms with Gasteiger partial charge in [0.15, 0.2) is 5.60 Å². The van der Waals surface area contributed by atoms with Crippen LogP contribution in [0, 0.1) is 0 Å². The van der Waals surface area contributed by atoms with Crippen LogP contribution in [0.3, 0.4) is 0 Å². The largest absolute Gasteiger partial charge is 0.508 e. The Bertz CT molecular complexity index is 1630. The molecule has 0 radical (unpaired) electrons. The lowest BCUT2D eigenvalue weighted by molar-refractivity contribution is -0.170. The van der Waals surface area contributed by atoms with Gasteiger partial charge in [0.2, 0.25) is 0 Å². The van der Waals surface area contributed by atoms with E-state index < -0.39 is 27.7 Å². The van der Waals surface area contributed by atoms with Crippen LogP contribution in [0.2, 0.25) is 0 Å². The lowest BCUT2D eigenvalue weighted by Gasteiger charge is -2.28. The molecular weight excluding hydrogens is 636 g/mol. The van der Waals surface area contributed by atoms with E-state index in [2.05, 4.69) is 5.32 Å². The molecular formula is C36H46N2O9S. The molecule has 0 saturated heterocycles. The van der Waals surface area contributed by atoms with Gasteiger partial charge in [-0.2, -0.15) is 0 Å². The van der Waals surface area contributed by atoms with Crippen molar-refractivity contribution in [3.8, 4) is 5.75 Å². The average Bonchev–Trinajstić information content (AvgIpc) is 3.09. The van der Waals surface area contributed by atoms with Crippen molar-refractivity contribution in [3.05, 3.63) is 101 Å². The van der Waals surface area contributed by atoms with E-state index in [4.69, 9.17) is 9.57 Å². The Balaban J connectivity index is 1.05. The summed E-state index contributed by atoms with van der Waals surface area (Å²) in [6, 6.07) is 18.0. The van der Waals surface area contributed by atoms with Crippen LogP contribution in [-0.2, 0) is 43.0 Å². The SMILES string of the molecule is O=C(ONS(=O)(=O)c1cccc(CCCCOCCCCCCNC[C@H](O)c2ccc(O)c(CO)c2)c1)C1(O)CC=Cc2ccccc21. The monoisotopic (exact) mass is 682 g/mol. The number of sulfonamides is 1. The van der Waals surface area contributed by atoms with Gasteiger partial charge in [-0.15, -0.1) is 0 Å². The summed E-state index contributed by atoms with van der Waals surface area (Å²) in [5.41, 5.74) is 0.888. The van der Waals surface area contributed by atoms with E-state index in [-0.39, 0.29) is 23.7 Å². The normalized spacial score (nSPS) is 16.4. The second-order valence-electron chi connectivity index (χ2n) is 11.9. The molecule has 1 unspecified atom stereocenters. The van der Waals surface area contributed by atoms with Crippen LogP contribution in [0.5, 0.6) is 5.75 Å². The summed E-state index contributed by atoms with van der Waals surface area (Å²) in [7, 11) is -4.17. The number of carbonyl (C=O) groups is 1. The summed E-state index contributed by atoms with van der Waals surface area (Å²) >= 11 is 0. The number of ether oxygens (including phenoxy) is 1. The molecule has 3 aromatic carbocycles. The van der Waals surface area contributed by atoms with Gasteiger partial charge in [-0.3, -0.25) is 0 Å². The number of hydrogen-bond acceptors (Lipinski definition) is 10. The highest BCUT2D eigenvalue weighted by atomic mass is 32.2. The molecule has 4 rings (SSSR count). The number of carbonyl (C=O) groups excluding carboxylic acids is 1. The second-order valence-corrected chi connectivity index (χ2v) is 13.6. The molecule has 0 heterocycles. The van der Waals surface area contributed by atoms with Crippen LogP contribution in [0.25, 0.3) is 6.08 Å². The van der Waals surface area contributed by atoms with E-state index in [9.17, 15) is 33.6 Å². The number of hydrogen-bond donors (Lipinski definition) is 6. The maximum atomic E-state index is 12.9. The van der Waals surface area contributed by atoms with E-state index in [0.717, 1.165) is 50.6 Å². The highest BCUT2D eigenvalue weighted by molar-refractivity contribution is 7.89. The maximum absolute atomic E-state index is 12.9. The summed E-state index contributed by atoms with van der Waals surface area (Å²) in [6.07, 6.45) is 8.99. The number of nitrogens with one attached hydrogen (secondary N) is 2. The van der Waals surface area contributed by atoms with Crippen molar-refractivity contribution in [2.24, 2.45) is 0 Å². The van der Waals surface area contributed by atoms with E-state index in [1.54, 1.807) is 60.7 Å². The van der Waals surface area contributed by atoms with Gasteiger partial charge in [0.1, 0.15) is 5.75 Å². The third-order valence-electron chi connectivity index (χ3n) is 8.30. The molecule has 12 heteroatoms. The Kier molecular flexibility index (Phi) is 14.1. The first-order valence-corrected chi connectivity index (χ1v) is 17.8. The van der Waals surface area contributed by atoms with Crippen LogP contribution in [0.15, 0.2) is 77.7 Å². The Labute approximate surface area is 282 Å². The smallest absolute Gasteiger partial charge is 0.362 e. The van der Waals surface area contributed by atoms with Gasteiger partial charge in [0, 0.05) is 37.3 Å². The molecule has 260 valence electrons. The fraction of sp³-hybridized carbons (Fsp3) is 0.417. The van der Waals surface area contributed by atoms with Crippen molar-refractivity contribution in [2.75, 3.05) is 26.3 Å². The number of unbranched alkanes of at least 4 members (excludes halogenated alkanes) is 4. The highest BCUT2D eigenvalue weighted by Crippen LogP contribution is 2.34. The van der Waals surface area contributed by atoms with E-state index >= 15 is 0 Å². The minimum absolute atomic E-state index is 0.0153. The molecule has 0 aromatic heterocycles. The molecule has 6 N–H and O–H groups in total. The molecule has 0 amide bonds. The molecule has 0 saturated carbocycles. The van der Waals surface area contributed by atoms with Crippen LogP contribution in [0.4, 0.5) is 0 Å². The molecule has 1 aliphatic carbocycles. The molecule has 1 aliphatic rings. The first-order valence-electron chi connectivity index (χ1n) is 16.3. The van der Waals surface area contributed by atoms with Gasteiger partial charge >= 0.3 is 5.97 Å². The predicted molar refractivity (Wildman–Crippen MR) is 181 cm³/mol.